The van der Waals surface area contributed by atoms with E-state index in [-0.39, 0.29) is 0 Å². The molecule has 0 aliphatic carbocycles. The first-order valence-electron chi connectivity index (χ1n) is 4.97. The van der Waals surface area contributed by atoms with E-state index >= 15 is 0 Å². The minimum atomic E-state index is -4.44. The van der Waals surface area contributed by atoms with Crippen LogP contribution in [-0.4, -0.2) is 49.5 Å². The first-order chi connectivity index (χ1) is 7.94. The van der Waals surface area contributed by atoms with Crippen LogP contribution in [0.5, 0.6) is 0 Å². The molecule has 18 heavy (non-hydrogen) atoms. The van der Waals surface area contributed by atoms with E-state index in [0.717, 1.165) is 7.11 Å². The lowest BCUT2D eigenvalue weighted by Crippen LogP contribution is -2.47. The van der Waals surface area contributed by atoms with Gasteiger partial charge >= 0.3 is 12.1 Å². The monoisotopic (exact) mass is 283 g/mol. The van der Waals surface area contributed by atoms with E-state index in [0.29, 0.717) is 0 Å². The molecule has 0 spiro atoms. The van der Waals surface area contributed by atoms with E-state index in [9.17, 15) is 18.0 Å². The van der Waals surface area contributed by atoms with Crippen molar-refractivity contribution < 1.29 is 32.0 Å². The average molecular weight is 283 g/mol. The Bertz CT molecular complexity index is 409. The third-order valence-electron chi connectivity index (χ3n) is 1.55. The van der Waals surface area contributed by atoms with Crippen molar-refractivity contribution in [3.63, 3.8) is 0 Å². The van der Waals surface area contributed by atoms with E-state index in [1.165, 1.54) is 0 Å². The van der Waals surface area contributed by atoms with Crippen LogP contribution < -0.4 is 5.32 Å². The van der Waals surface area contributed by atoms with Gasteiger partial charge in [-0.2, -0.15) is 8.42 Å². The number of methoxy groups -OCH3 is 1. The number of amides is 1. The zero-order valence-corrected chi connectivity index (χ0v) is 11.4. The third-order valence-corrected chi connectivity index (χ3v) is 2.31. The largest absolute Gasteiger partial charge is 0.467 e. The first-order valence-corrected chi connectivity index (χ1v) is 6.58. The summed E-state index contributed by atoms with van der Waals surface area (Å²) in [7, 11) is -3.41. The summed E-state index contributed by atoms with van der Waals surface area (Å²) >= 11 is 0. The molecule has 0 aliphatic rings. The van der Waals surface area contributed by atoms with Crippen molar-refractivity contribution in [1.82, 2.24) is 5.32 Å². The molecule has 8 nitrogen and oxygen atoms in total. The van der Waals surface area contributed by atoms with Crippen molar-refractivity contribution in [2.45, 2.75) is 32.4 Å². The number of alkyl carbamates (subject to hydrolysis) is 1. The summed E-state index contributed by atoms with van der Waals surface area (Å²) in [6.45, 7) is 4.80. The zero-order chi connectivity index (χ0) is 14.6. The van der Waals surface area contributed by atoms with Gasteiger partial charge in [-0.05, 0) is 20.8 Å². The van der Waals surface area contributed by atoms with Gasteiger partial charge in [-0.1, -0.05) is 0 Å². The lowest BCUT2D eigenvalue weighted by atomic mass is 10.2. The Kier molecular flexibility index (Phi) is 5.55. The van der Waals surface area contributed by atoms with Gasteiger partial charge in [0.05, 0.1) is 7.11 Å². The molecule has 0 aromatic heterocycles. The normalized spacial score (nSPS) is 13.6. The molecule has 1 atom stereocenters. The Labute approximate surface area is 105 Å². The Hall–Kier alpha value is -1.35. The minimum Gasteiger partial charge on any atom is -0.467 e. The molecule has 0 bridgehead atoms. The maximum Gasteiger partial charge on any atom is 0.408 e. The maximum atomic E-state index is 11.4. The van der Waals surface area contributed by atoms with Crippen LogP contribution in [0.25, 0.3) is 0 Å². The molecule has 0 unspecified atom stereocenters. The molecular weight excluding hydrogens is 266 g/mol. The summed E-state index contributed by atoms with van der Waals surface area (Å²) in [5.74, 6) is -1.99. The molecule has 0 saturated heterocycles. The fourth-order valence-corrected chi connectivity index (χ4v) is 1.61. The maximum absolute atomic E-state index is 11.4. The Morgan fingerprint density at radius 1 is 1.33 bits per heavy atom. The molecular formula is C9H17NO7S. The van der Waals surface area contributed by atoms with Crippen LogP contribution in [0.15, 0.2) is 0 Å². The van der Waals surface area contributed by atoms with Gasteiger partial charge in [0.2, 0.25) is 0 Å². The highest BCUT2D eigenvalue weighted by atomic mass is 32.2. The highest BCUT2D eigenvalue weighted by molar-refractivity contribution is 7.85. The number of nitrogens with one attached hydrogen (secondary N) is 1. The molecule has 0 radical (unpaired) electrons. The van der Waals surface area contributed by atoms with Crippen molar-refractivity contribution in [2.24, 2.45) is 0 Å². The number of hydrogen-bond acceptors (Lipinski definition) is 6. The Morgan fingerprint density at radius 2 is 1.83 bits per heavy atom. The molecule has 106 valence electrons. The van der Waals surface area contributed by atoms with Crippen LogP contribution in [0.2, 0.25) is 0 Å². The van der Waals surface area contributed by atoms with Gasteiger partial charge in [-0.25, -0.2) is 9.59 Å². The second-order valence-corrected chi connectivity index (χ2v) is 5.97. The Balaban J connectivity index is 4.71. The summed E-state index contributed by atoms with van der Waals surface area (Å²) in [5, 5.41) is 2.01. The summed E-state index contributed by atoms with van der Waals surface area (Å²) in [6.07, 6.45) is -0.985. The fourth-order valence-electron chi connectivity index (χ4n) is 0.971. The predicted octanol–water partition coefficient (Wildman–Crippen LogP) is -0.0595. The average Bonchev–Trinajstić information content (AvgIpc) is 2.10. The summed E-state index contributed by atoms with van der Waals surface area (Å²) in [6, 6.07) is -1.53. The second-order valence-electron chi connectivity index (χ2n) is 4.47. The van der Waals surface area contributed by atoms with Crippen LogP contribution >= 0.6 is 0 Å². The second kappa shape index (κ2) is 6.01. The fraction of sp³-hybridized carbons (Fsp3) is 0.778. The molecule has 0 rings (SSSR count). The van der Waals surface area contributed by atoms with Gasteiger partial charge in [0.25, 0.3) is 10.1 Å². The van der Waals surface area contributed by atoms with Crippen molar-refractivity contribution in [3.8, 4) is 0 Å². The van der Waals surface area contributed by atoms with Gasteiger partial charge in [-0.15, -0.1) is 0 Å². The minimum absolute atomic E-state index is 0.803. The number of carbonyl (C=O) groups excluding carboxylic acids is 2. The van der Waals surface area contributed by atoms with E-state index in [4.69, 9.17) is 9.29 Å². The summed E-state index contributed by atoms with van der Waals surface area (Å²) in [5.41, 5.74) is -0.803. The first kappa shape index (κ1) is 16.6. The van der Waals surface area contributed by atoms with Crippen LogP contribution in [0.1, 0.15) is 20.8 Å². The lowest BCUT2D eigenvalue weighted by Gasteiger charge is -2.22. The molecule has 0 aromatic rings. The van der Waals surface area contributed by atoms with Gasteiger partial charge < -0.3 is 14.8 Å². The quantitative estimate of drug-likeness (QED) is 0.548. The number of hydrogen-bond donors (Lipinski definition) is 2. The van der Waals surface area contributed by atoms with Crippen molar-refractivity contribution in [1.29, 1.82) is 0 Å². The molecule has 9 heteroatoms. The molecule has 0 aliphatic heterocycles. The zero-order valence-electron chi connectivity index (χ0n) is 10.6. The molecule has 0 heterocycles. The predicted molar refractivity (Wildman–Crippen MR) is 61.6 cm³/mol. The molecule has 0 saturated carbocycles. The van der Waals surface area contributed by atoms with Crippen molar-refractivity contribution in [2.75, 3.05) is 12.9 Å². The molecule has 0 aromatic carbocycles. The van der Waals surface area contributed by atoms with E-state index < -0.39 is 39.6 Å². The highest BCUT2D eigenvalue weighted by Crippen LogP contribution is 2.07. The van der Waals surface area contributed by atoms with Crippen molar-refractivity contribution >= 4 is 22.2 Å². The SMILES string of the molecule is COC(=O)[C@@H](CS(=O)(=O)O)NC(=O)OC(C)(C)C. The molecule has 1 amide bonds. The van der Waals surface area contributed by atoms with Gasteiger partial charge in [0, 0.05) is 0 Å². The standard InChI is InChI=1S/C9H17NO7S/c1-9(2,3)17-8(12)10-6(7(11)16-4)5-18(13,14)15/h6H,5H2,1-4H3,(H,10,12)(H,13,14,15)/t6-/m1/s1. The van der Waals surface area contributed by atoms with Crippen LogP contribution in [-0.2, 0) is 24.4 Å². The van der Waals surface area contributed by atoms with Gasteiger partial charge in [0.15, 0.2) is 0 Å². The van der Waals surface area contributed by atoms with Gasteiger partial charge in [0.1, 0.15) is 17.4 Å². The highest BCUT2D eigenvalue weighted by Gasteiger charge is 2.28. The van der Waals surface area contributed by atoms with Crippen LogP contribution in [0, 0.1) is 0 Å². The third kappa shape index (κ3) is 7.85. The van der Waals surface area contributed by atoms with E-state index in [1.54, 1.807) is 20.8 Å². The summed E-state index contributed by atoms with van der Waals surface area (Å²) in [4.78, 5) is 22.6. The molecule has 0 fully saturated rings. The van der Waals surface area contributed by atoms with E-state index in [1.807, 2.05) is 5.32 Å². The number of rotatable bonds is 4. The molecule has 2 N–H and O–H groups in total. The lowest BCUT2D eigenvalue weighted by molar-refractivity contribution is -0.142. The van der Waals surface area contributed by atoms with Crippen molar-refractivity contribution in [3.05, 3.63) is 0 Å². The topological polar surface area (TPSA) is 119 Å². The number of esters is 1. The Morgan fingerprint density at radius 3 is 2.17 bits per heavy atom. The summed E-state index contributed by atoms with van der Waals surface area (Å²) < 4.78 is 39.2. The number of ether oxygens (including phenoxy) is 2. The smallest absolute Gasteiger partial charge is 0.408 e. The van der Waals surface area contributed by atoms with E-state index in [2.05, 4.69) is 4.74 Å². The number of carbonyl (C=O) groups is 2. The van der Waals surface area contributed by atoms with Crippen LogP contribution in [0.3, 0.4) is 0 Å². The van der Waals surface area contributed by atoms with Gasteiger partial charge in [-0.3, -0.25) is 4.55 Å². The van der Waals surface area contributed by atoms with Crippen LogP contribution in [0.4, 0.5) is 4.79 Å².